The third kappa shape index (κ3) is 4.55. The van der Waals surface area contributed by atoms with Gasteiger partial charge in [-0.05, 0) is 46.6 Å². The van der Waals surface area contributed by atoms with Crippen LogP contribution in [0.15, 0.2) is 24.3 Å². The highest BCUT2D eigenvalue weighted by Gasteiger charge is 2.37. The van der Waals surface area contributed by atoms with Crippen molar-refractivity contribution in [2.24, 2.45) is 0 Å². The van der Waals surface area contributed by atoms with Gasteiger partial charge in [-0.3, -0.25) is 19.3 Å². The van der Waals surface area contributed by atoms with E-state index >= 15 is 0 Å². The van der Waals surface area contributed by atoms with E-state index in [2.05, 4.69) is 0 Å². The lowest BCUT2D eigenvalue weighted by Gasteiger charge is -2.38. The van der Waals surface area contributed by atoms with Crippen LogP contribution in [0.25, 0.3) is 0 Å². The summed E-state index contributed by atoms with van der Waals surface area (Å²) < 4.78 is 5.92. The molecule has 0 aromatic rings. The second-order valence-electron chi connectivity index (χ2n) is 7.56. The van der Waals surface area contributed by atoms with Gasteiger partial charge in [0.25, 0.3) is 11.8 Å². The van der Waals surface area contributed by atoms with Gasteiger partial charge < -0.3 is 14.7 Å². The first-order valence-electron chi connectivity index (χ1n) is 8.41. The molecule has 25 heavy (non-hydrogen) atoms. The van der Waals surface area contributed by atoms with Crippen molar-refractivity contribution in [1.29, 1.82) is 0 Å². The molecule has 3 amide bonds. The molecule has 0 aromatic heterocycles. The molecule has 2 aliphatic rings. The summed E-state index contributed by atoms with van der Waals surface area (Å²) in [5.41, 5.74) is -1.08. The Labute approximate surface area is 147 Å². The molecule has 7 nitrogen and oxygen atoms in total. The van der Waals surface area contributed by atoms with Gasteiger partial charge in [0, 0.05) is 36.9 Å². The van der Waals surface area contributed by atoms with Crippen LogP contribution in [0.1, 0.15) is 40.5 Å². The van der Waals surface area contributed by atoms with Gasteiger partial charge in [0.15, 0.2) is 0 Å². The summed E-state index contributed by atoms with van der Waals surface area (Å²) in [4.78, 5) is 37.6. The summed E-state index contributed by atoms with van der Waals surface area (Å²) in [5, 5.41) is 9.91. The topological polar surface area (TPSA) is 87.2 Å². The number of amides is 3. The number of rotatable bonds is 8. The Hall–Kier alpha value is -1.99. The number of hydrogen-bond acceptors (Lipinski definition) is 5. The lowest BCUT2D eigenvalue weighted by molar-refractivity contribution is -0.140. The van der Waals surface area contributed by atoms with E-state index in [9.17, 15) is 19.5 Å². The van der Waals surface area contributed by atoms with E-state index in [0.29, 0.717) is 26.0 Å². The average Bonchev–Trinajstić information content (AvgIpc) is 2.99. The van der Waals surface area contributed by atoms with Crippen LogP contribution in [-0.4, -0.2) is 63.1 Å². The van der Waals surface area contributed by atoms with Crippen molar-refractivity contribution in [2.45, 2.75) is 57.9 Å². The zero-order chi connectivity index (χ0) is 18.8. The van der Waals surface area contributed by atoms with Crippen LogP contribution in [0, 0.1) is 0 Å². The number of ether oxygens (including phenoxy) is 1. The molecular formula is C18H26N2O5. The number of imide groups is 1. The molecule has 2 rings (SSSR count). The Morgan fingerprint density at radius 3 is 2.12 bits per heavy atom. The first-order chi connectivity index (χ1) is 11.5. The number of carbonyl (C=O) groups is 3. The fourth-order valence-corrected chi connectivity index (χ4v) is 2.92. The van der Waals surface area contributed by atoms with Crippen LogP contribution in [0.5, 0.6) is 0 Å². The minimum Gasteiger partial charge on any atom is -0.375 e. The molecule has 7 heteroatoms. The van der Waals surface area contributed by atoms with Crippen molar-refractivity contribution in [3.05, 3.63) is 24.3 Å². The standard InChI is InChI=1S/C18H26N2O5/c1-17(2,20-15(23)7-8-16(20)24)10-12-25-18(3,4)9-11-19-13(21)5-6-14(19)22/h5-8,15,23H,9-12H2,1-4H3. The SMILES string of the molecule is CC(C)(CCN1C(=O)C=CC1=O)OCCC(C)(C)N1C(=O)C=CC1O. The van der Waals surface area contributed by atoms with Gasteiger partial charge in [-0.25, -0.2) is 0 Å². The third-order valence-corrected chi connectivity index (χ3v) is 4.61. The van der Waals surface area contributed by atoms with Crippen LogP contribution in [-0.2, 0) is 19.1 Å². The number of aliphatic hydroxyl groups excluding tert-OH is 1. The van der Waals surface area contributed by atoms with Crippen molar-refractivity contribution < 1.29 is 24.2 Å². The number of carbonyl (C=O) groups excluding carboxylic acids is 3. The summed E-state index contributed by atoms with van der Waals surface area (Å²) in [6, 6.07) is 0. The minimum atomic E-state index is -0.907. The summed E-state index contributed by atoms with van der Waals surface area (Å²) in [5.74, 6) is -0.803. The molecule has 1 N–H and O–H groups in total. The number of hydrogen-bond donors (Lipinski definition) is 1. The quantitative estimate of drug-likeness (QED) is 0.660. The molecule has 138 valence electrons. The average molecular weight is 350 g/mol. The molecule has 0 saturated heterocycles. The van der Waals surface area contributed by atoms with E-state index in [1.54, 1.807) is 0 Å². The van der Waals surface area contributed by atoms with E-state index in [1.807, 2.05) is 27.7 Å². The zero-order valence-corrected chi connectivity index (χ0v) is 15.2. The largest absolute Gasteiger partial charge is 0.375 e. The van der Waals surface area contributed by atoms with E-state index < -0.39 is 17.4 Å². The Bertz CT molecular complexity index is 603. The second-order valence-corrected chi connectivity index (χ2v) is 7.56. The van der Waals surface area contributed by atoms with Crippen LogP contribution in [0.3, 0.4) is 0 Å². The van der Waals surface area contributed by atoms with Gasteiger partial charge in [0.2, 0.25) is 5.91 Å². The van der Waals surface area contributed by atoms with Gasteiger partial charge in [0.1, 0.15) is 6.23 Å². The second kappa shape index (κ2) is 7.09. The summed E-state index contributed by atoms with van der Waals surface area (Å²) in [7, 11) is 0. The number of aliphatic hydroxyl groups is 1. The van der Waals surface area contributed by atoms with Gasteiger partial charge >= 0.3 is 0 Å². The summed E-state index contributed by atoms with van der Waals surface area (Å²) in [6.45, 7) is 8.24. The van der Waals surface area contributed by atoms with Gasteiger partial charge in [0.05, 0.1) is 5.60 Å². The highest BCUT2D eigenvalue weighted by atomic mass is 16.5. The molecule has 0 spiro atoms. The predicted octanol–water partition coefficient (Wildman–Crippen LogP) is 0.982. The molecule has 1 unspecified atom stereocenters. The van der Waals surface area contributed by atoms with Gasteiger partial charge in [-0.15, -0.1) is 0 Å². The Kier molecular flexibility index (Phi) is 5.49. The van der Waals surface area contributed by atoms with Crippen molar-refractivity contribution in [3.63, 3.8) is 0 Å². The maximum atomic E-state index is 11.9. The lowest BCUT2D eigenvalue weighted by atomic mass is 9.98. The Morgan fingerprint density at radius 1 is 1.00 bits per heavy atom. The van der Waals surface area contributed by atoms with Crippen molar-refractivity contribution in [1.82, 2.24) is 9.80 Å². The Morgan fingerprint density at radius 2 is 1.60 bits per heavy atom. The van der Waals surface area contributed by atoms with E-state index in [0.717, 1.165) is 0 Å². The summed E-state index contributed by atoms with van der Waals surface area (Å²) in [6.07, 6.45) is 5.53. The monoisotopic (exact) mass is 350 g/mol. The molecule has 2 heterocycles. The fraction of sp³-hybridized carbons (Fsp3) is 0.611. The molecule has 0 aliphatic carbocycles. The minimum absolute atomic E-state index is 0.213. The molecule has 0 bridgehead atoms. The fourth-order valence-electron chi connectivity index (χ4n) is 2.92. The number of nitrogens with zero attached hydrogens (tertiary/aromatic N) is 2. The normalized spacial score (nSPS) is 21.2. The van der Waals surface area contributed by atoms with E-state index in [1.165, 1.54) is 34.1 Å². The molecule has 0 fully saturated rings. The predicted molar refractivity (Wildman–Crippen MR) is 91.2 cm³/mol. The van der Waals surface area contributed by atoms with Crippen LogP contribution >= 0.6 is 0 Å². The van der Waals surface area contributed by atoms with Crippen molar-refractivity contribution in [3.8, 4) is 0 Å². The maximum Gasteiger partial charge on any atom is 0.253 e. The first-order valence-corrected chi connectivity index (χ1v) is 8.41. The van der Waals surface area contributed by atoms with Crippen LogP contribution in [0.2, 0.25) is 0 Å². The van der Waals surface area contributed by atoms with E-state index in [4.69, 9.17) is 4.74 Å². The smallest absolute Gasteiger partial charge is 0.253 e. The third-order valence-electron chi connectivity index (χ3n) is 4.61. The highest BCUT2D eigenvalue weighted by molar-refractivity contribution is 6.12. The van der Waals surface area contributed by atoms with E-state index in [-0.39, 0.29) is 17.7 Å². The zero-order valence-electron chi connectivity index (χ0n) is 15.2. The molecule has 0 aromatic carbocycles. The molecule has 0 radical (unpaired) electrons. The molecule has 0 saturated carbocycles. The lowest BCUT2D eigenvalue weighted by Crippen LogP contribution is -2.50. The molecule has 1 atom stereocenters. The van der Waals surface area contributed by atoms with Crippen LogP contribution in [0.4, 0.5) is 0 Å². The van der Waals surface area contributed by atoms with Gasteiger partial charge in [-0.2, -0.15) is 0 Å². The van der Waals surface area contributed by atoms with Gasteiger partial charge in [-0.1, -0.05) is 0 Å². The molecule has 2 aliphatic heterocycles. The molecular weight excluding hydrogens is 324 g/mol. The Balaban J connectivity index is 1.80. The van der Waals surface area contributed by atoms with Crippen molar-refractivity contribution >= 4 is 17.7 Å². The first kappa shape index (κ1) is 19.3. The van der Waals surface area contributed by atoms with Crippen molar-refractivity contribution in [2.75, 3.05) is 13.2 Å². The highest BCUT2D eigenvalue weighted by Crippen LogP contribution is 2.26. The van der Waals surface area contributed by atoms with Crippen LogP contribution < -0.4 is 0 Å². The maximum absolute atomic E-state index is 11.9. The summed E-state index contributed by atoms with van der Waals surface area (Å²) >= 11 is 0.